The van der Waals surface area contributed by atoms with Gasteiger partial charge in [-0.05, 0) is 31.7 Å². The van der Waals surface area contributed by atoms with Crippen LogP contribution in [0.2, 0.25) is 19.1 Å². The Bertz CT molecular complexity index is 503. The second kappa shape index (κ2) is 9.34. The molecule has 2 rings (SSSR count). The molecule has 1 saturated heterocycles. The maximum absolute atomic E-state index is 5.85. The van der Waals surface area contributed by atoms with E-state index in [0.29, 0.717) is 18.1 Å². The van der Waals surface area contributed by atoms with Crippen LogP contribution in [0.3, 0.4) is 0 Å². The maximum atomic E-state index is 5.85. The van der Waals surface area contributed by atoms with Gasteiger partial charge in [0.05, 0.1) is 20.3 Å². The molecule has 1 aromatic carbocycles. The highest BCUT2D eigenvalue weighted by Gasteiger charge is 2.24. The molecule has 2 nitrogen and oxygen atoms in total. The molecule has 1 aliphatic heterocycles. The monoisotopic (exact) mass is 361 g/mol. The van der Waals surface area contributed by atoms with Gasteiger partial charge in [0.25, 0.3) is 0 Å². The fourth-order valence-corrected chi connectivity index (χ4v) is 6.79. The van der Waals surface area contributed by atoms with Gasteiger partial charge < -0.3 is 4.74 Å². The van der Waals surface area contributed by atoms with Crippen LogP contribution in [0.4, 0.5) is 0 Å². The Hall–Kier alpha value is -0.643. The summed E-state index contributed by atoms with van der Waals surface area (Å²) in [5.74, 6) is 0.689. The summed E-state index contributed by atoms with van der Waals surface area (Å²) >= 11 is 0. The Morgan fingerprint density at radius 3 is 2.28 bits per heavy atom. The number of rotatable bonds is 8. The third-order valence-electron chi connectivity index (χ3n) is 5.54. The first-order valence-corrected chi connectivity index (χ1v) is 13.5. The van der Waals surface area contributed by atoms with E-state index in [9.17, 15) is 0 Å². The van der Waals surface area contributed by atoms with Gasteiger partial charge in [-0.25, -0.2) is 0 Å². The molecular formula is C22H39NOSi. The Labute approximate surface area is 157 Å². The van der Waals surface area contributed by atoms with Crippen molar-refractivity contribution in [3.8, 4) is 0 Å². The first kappa shape index (κ1) is 20.7. The fourth-order valence-electron chi connectivity index (χ4n) is 4.20. The molecule has 1 aromatic rings. The normalized spacial score (nSPS) is 23.6. The van der Waals surface area contributed by atoms with E-state index >= 15 is 0 Å². The number of ether oxygens (including phenoxy) is 1. The minimum atomic E-state index is -1.24. The van der Waals surface area contributed by atoms with Gasteiger partial charge in [-0.15, -0.1) is 0 Å². The van der Waals surface area contributed by atoms with Crippen molar-refractivity contribution in [2.24, 2.45) is 5.92 Å². The van der Waals surface area contributed by atoms with Crippen molar-refractivity contribution in [1.82, 2.24) is 4.90 Å². The molecule has 3 atom stereocenters. The molecule has 25 heavy (non-hydrogen) atoms. The van der Waals surface area contributed by atoms with Crippen LogP contribution in [0.5, 0.6) is 0 Å². The largest absolute Gasteiger partial charge is 0.373 e. The number of morpholine rings is 1. The number of hydrogen-bond acceptors (Lipinski definition) is 2. The Morgan fingerprint density at radius 1 is 1.12 bits per heavy atom. The highest BCUT2D eigenvalue weighted by atomic mass is 28.3. The molecule has 0 radical (unpaired) electrons. The summed E-state index contributed by atoms with van der Waals surface area (Å²) in [6.45, 7) is 17.4. The SMILES string of the molecule is CCCC[Si](C)(C)c1ccc(CC(C)CN2CC(C)OC(C)C2)cc1. The second-order valence-corrected chi connectivity index (χ2v) is 13.8. The van der Waals surface area contributed by atoms with E-state index in [0.717, 1.165) is 13.1 Å². The predicted molar refractivity (Wildman–Crippen MR) is 113 cm³/mol. The van der Waals surface area contributed by atoms with E-state index in [-0.39, 0.29) is 0 Å². The molecule has 1 heterocycles. The molecule has 0 amide bonds. The smallest absolute Gasteiger partial charge is 0.0806 e. The van der Waals surface area contributed by atoms with E-state index in [2.05, 4.69) is 70.0 Å². The number of nitrogens with zero attached hydrogens (tertiary/aromatic N) is 1. The van der Waals surface area contributed by atoms with E-state index in [4.69, 9.17) is 4.74 Å². The standard InChI is InChI=1S/C22H39NOSi/c1-7-8-13-25(5,6)22-11-9-21(10-12-22)14-18(2)15-23-16-19(3)24-20(4)17-23/h9-12,18-20H,7-8,13-17H2,1-6H3. The van der Waals surface area contributed by atoms with Crippen molar-refractivity contribution in [3.05, 3.63) is 29.8 Å². The van der Waals surface area contributed by atoms with Crippen LogP contribution >= 0.6 is 0 Å². The third-order valence-corrected chi connectivity index (χ3v) is 9.04. The first-order chi connectivity index (χ1) is 11.8. The van der Waals surface area contributed by atoms with Crippen LogP contribution in [0.15, 0.2) is 24.3 Å². The molecule has 142 valence electrons. The summed E-state index contributed by atoms with van der Waals surface area (Å²) in [7, 11) is -1.24. The molecule has 3 unspecified atom stereocenters. The molecule has 3 heteroatoms. The summed E-state index contributed by atoms with van der Waals surface area (Å²) in [5, 5.41) is 1.62. The van der Waals surface area contributed by atoms with Crippen molar-refractivity contribution >= 4 is 13.3 Å². The average molecular weight is 362 g/mol. The van der Waals surface area contributed by atoms with Gasteiger partial charge in [0.1, 0.15) is 0 Å². The summed E-state index contributed by atoms with van der Waals surface area (Å²) in [6.07, 6.45) is 4.59. The lowest BCUT2D eigenvalue weighted by atomic mass is 10.00. The lowest BCUT2D eigenvalue weighted by Gasteiger charge is -2.36. The lowest BCUT2D eigenvalue weighted by Crippen LogP contribution is -2.47. The van der Waals surface area contributed by atoms with E-state index < -0.39 is 8.07 Å². The number of hydrogen-bond donors (Lipinski definition) is 0. The highest BCUT2D eigenvalue weighted by molar-refractivity contribution is 6.89. The molecule has 0 aliphatic carbocycles. The van der Waals surface area contributed by atoms with Crippen molar-refractivity contribution in [2.45, 2.75) is 78.3 Å². The quantitative estimate of drug-likeness (QED) is 0.623. The molecule has 0 N–H and O–H groups in total. The molecule has 0 saturated carbocycles. The zero-order valence-electron chi connectivity index (χ0n) is 17.3. The van der Waals surface area contributed by atoms with Crippen molar-refractivity contribution in [1.29, 1.82) is 0 Å². The maximum Gasteiger partial charge on any atom is 0.0806 e. The molecule has 1 fully saturated rings. The third kappa shape index (κ3) is 6.54. The Balaban J connectivity index is 1.87. The van der Waals surface area contributed by atoms with Gasteiger partial charge in [0.2, 0.25) is 0 Å². The summed E-state index contributed by atoms with van der Waals surface area (Å²) in [4.78, 5) is 2.58. The topological polar surface area (TPSA) is 12.5 Å². The van der Waals surface area contributed by atoms with Crippen LogP contribution in [-0.4, -0.2) is 44.8 Å². The van der Waals surface area contributed by atoms with Gasteiger partial charge in [-0.2, -0.15) is 0 Å². The van der Waals surface area contributed by atoms with E-state index in [1.165, 1.54) is 37.4 Å². The van der Waals surface area contributed by atoms with Crippen LogP contribution in [0.1, 0.15) is 46.1 Å². The molecule has 0 spiro atoms. The first-order valence-electron chi connectivity index (χ1n) is 10.3. The second-order valence-electron chi connectivity index (χ2n) is 8.97. The number of unbranched alkanes of at least 4 members (excludes halogenated alkanes) is 1. The van der Waals surface area contributed by atoms with Crippen molar-refractivity contribution in [3.63, 3.8) is 0 Å². The summed E-state index contributed by atoms with van der Waals surface area (Å²) in [5.41, 5.74) is 1.49. The van der Waals surface area contributed by atoms with Gasteiger partial charge in [0, 0.05) is 19.6 Å². The Kier molecular flexibility index (Phi) is 7.72. The minimum Gasteiger partial charge on any atom is -0.373 e. The van der Waals surface area contributed by atoms with E-state index in [1.54, 1.807) is 5.19 Å². The molecule has 0 bridgehead atoms. The average Bonchev–Trinajstić information content (AvgIpc) is 2.52. The van der Waals surface area contributed by atoms with Gasteiger partial charge >= 0.3 is 0 Å². The number of benzene rings is 1. The van der Waals surface area contributed by atoms with E-state index in [1.807, 2.05) is 0 Å². The van der Waals surface area contributed by atoms with Crippen LogP contribution in [0, 0.1) is 5.92 Å². The zero-order chi connectivity index (χ0) is 18.4. The van der Waals surface area contributed by atoms with Gasteiger partial charge in [0.15, 0.2) is 0 Å². The molecule has 0 aromatic heterocycles. The fraction of sp³-hybridized carbons (Fsp3) is 0.727. The zero-order valence-corrected chi connectivity index (χ0v) is 18.3. The van der Waals surface area contributed by atoms with Crippen molar-refractivity contribution < 1.29 is 4.74 Å². The minimum absolute atomic E-state index is 0.366. The molecular weight excluding hydrogens is 322 g/mol. The van der Waals surface area contributed by atoms with Crippen LogP contribution in [0.25, 0.3) is 0 Å². The van der Waals surface area contributed by atoms with Gasteiger partial charge in [-0.1, -0.05) is 75.3 Å². The molecule has 1 aliphatic rings. The predicted octanol–water partition coefficient (Wildman–Crippen LogP) is 4.69. The summed E-state index contributed by atoms with van der Waals surface area (Å²) < 4.78 is 5.85. The van der Waals surface area contributed by atoms with Crippen LogP contribution in [-0.2, 0) is 11.2 Å². The van der Waals surface area contributed by atoms with Crippen molar-refractivity contribution in [2.75, 3.05) is 19.6 Å². The Morgan fingerprint density at radius 2 is 1.72 bits per heavy atom. The summed E-state index contributed by atoms with van der Waals surface area (Å²) in [6, 6.07) is 11.0. The highest BCUT2D eigenvalue weighted by Crippen LogP contribution is 2.17. The van der Waals surface area contributed by atoms with Gasteiger partial charge in [-0.3, -0.25) is 4.90 Å². The lowest BCUT2D eigenvalue weighted by molar-refractivity contribution is -0.0708. The van der Waals surface area contributed by atoms with Crippen LogP contribution < -0.4 is 5.19 Å².